The fourth-order valence-electron chi connectivity index (χ4n) is 2.96. The molecule has 0 radical (unpaired) electrons. The first-order chi connectivity index (χ1) is 13.2. The van der Waals surface area contributed by atoms with E-state index in [0.717, 1.165) is 22.0 Å². The third-order valence-corrected chi connectivity index (χ3v) is 4.71. The van der Waals surface area contributed by atoms with Crippen LogP contribution in [0.25, 0.3) is 10.9 Å². The molecule has 0 saturated carbocycles. The average Bonchev–Trinajstić information content (AvgIpc) is 2.72. The SMILES string of the molecule is O=c1c(Cl)c(NCc2cccc3cccnc23)cnn1Cc1ccccc1. The largest absolute Gasteiger partial charge is 0.378 e. The van der Waals surface area contributed by atoms with Crippen LogP contribution in [-0.2, 0) is 13.1 Å². The van der Waals surface area contributed by atoms with Crippen molar-refractivity contribution >= 4 is 28.2 Å². The third kappa shape index (κ3) is 3.68. The Hall–Kier alpha value is -3.18. The van der Waals surface area contributed by atoms with Crippen LogP contribution < -0.4 is 10.9 Å². The van der Waals surface area contributed by atoms with Gasteiger partial charge in [0.2, 0.25) is 0 Å². The van der Waals surface area contributed by atoms with Crippen molar-refractivity contribution in [1.29, 1.82) is 0 Å². The zero-order chi connectivity index (χ0) is 18.6. The molecule has 4 aromatic rings. The number of para-hydroxylation sites is 1. The van der Waals surface area contributed by atoms with Crippen molar-refractivity contribution in [2.45, 2.75) is 13.1 Å². The Labute approximate surface area is 161 Å². The van der Waals surface area contributed by atoms with Gasteiger partial charge in [-0.2, -0.15) is 5.10 Å². The minimum absolute atomic E-state index is 0.133. The lowest BCUT2D eigenvalue weighted by molar-refractivity contribution is 0.640. The molecular weight excluding hydrogens is 360 g/mol. The Balaban J connectivity index is 1.56. The zero-order valence-electron chi connectivity index (χ0n) is 14.5. The molecule has 1 N–H and O–H groups in total. The van der Waals surface area contributed by atoms with Gasteiger partial charge in [-0.05, 0) is 17.2 Å². The smallest absolute Gasteiger partial charge is 0.287 e. The van der Waals surface area contributed by atoms with Crippen LogP contribution in [0.5, 0.6) is 0 Å². The molecule has 0 spiro atoms. The quantitative estimate of drug-likeness (QED) is 0.569. The maximum atomic E-state index is 12.5. The molecule has 4 rings (SSSR count). The molecule has 0 unspecified atom stereocenters. The van der Waals surface area contributed by atoms with Crippen LogP contribution in [-0.4, -0.2) is 14.8 Å². The second kappa shape index (κ2) is 7.60. The predicted octanol–water partition coefficient (Wildman–Crippen LogP) is 4.11. The van der Waals surface area contributed by atoms with E-state index in [1.165, 1.54) is 4.68 Å². The van der Waals surface area contributed by atoms with Gasteiger partial charge < -0.3 is 5.32 Å². The van der Waals surface area contributed by atoms with Crippen LogP contribution in [0.4, 0.5) is 5.69 Å². The summed E-state index contributed by atoms with van der Waals surface area (Å²) in [5.41, 5.74) is 3.14. The number of aromatic nitrogens is 3. The van der Waals surface area contributed by atoms with Crippen molar-refractivity contribution in [2.75, 3.05) is 5.32 Å². The van der Waals surface area contributed by atoms with Crippen molar-refractivity contribution in [2.24, 2.45) is 0 Å². The lowest BCUT2D eigenvalue weighted by atomic mass is 10.1. The number of pyridine rings is 1. The highest BCUT2D eigenvalue weighted by atomic mass is 35.5. The Bertz CT molecular complexity index is 1140. The summed E-state index contributed by atoms with van der Waals surface area (Å²) in [6.45, 7) is 0.880. The fraction of sp³-hybridized carbons (Fsp3) is 0.0952. The molecule has 5 nitrogen and oxygen atoms in total. The highest BCUT2D eigenvalue weighted by Gasteiger charge is 2.10. The van der Waals surface area contributed by atoms with Gasteiger partial charge in [-0.1, -0.05) is 66.2 Å². The Morgan fingerprint density at radius 3 is 2.67 bits per heavy atom. The standard InChI is InChI=1S/C21H17ClN4O/c22-19-18(13-25-26(21(19)27)14-15-6-2-1-3-7-15)24-12-17-9-4-8-16-10-5-11-23-20(16)17/h1-11,13,24H,12,14H2. The van der Waals surface area contributed by atoms with Gasteiger partial charge in [-0.3, -0.25) is 9.78 Å². The van der Waals surface area contributed by atoms with Crippen LogP contribution in [0.1, 0.15) is 11.1 Å². The summed E-state index contributed by atoms with van der Waals surface area (Å²) in [4.78, 5) is 17.0. The third-order valence-electron chi connectivity index (χ3n) is 4.35. The van der Waals surface area contributed by atoms with E-state index in [-0.39, 0.29) is 10.6 Å². The number of fused-ring (bicyclic) bond motifs is 1. The average molecular weight is 377 g/mol. The first-order valence-electron chi connectivity index (χ1n) is 8.58. The summed E-state index contributed by atoms with van der Waals surface area (Å²) in [6, 6.07) is 19.6. The number of anilines is 1. The van der Waals surface area contributed by atoms with Gasteiger partial charge in [0, 0.05) is 18.1 Å². The maximum absolute atomic E-state index is 12.5. The summed E-state index contributed by atoms with van der Waals surface area (Å²) in [7, 11) is 0. The molecule has 27 heavy (non-hydrogen) atoms. The van der Waals surface area contributed by atoms with Crippen molar-refractivity contribution in [3.63, 3.8) is 0 Å². The molecule has 0 fully saturated rings. The lowest BCUT2D eigenvalue weighted by Gasteiger charge is -2.11. The number of rotatable bonds is 5. The monoisotopic (exact) mass is 376 g/mol. The van der Waals surface area contributed by atoms with Crippen molar-refractivity contribution in [1.82, 2.24) is 14.8 Å². The van der Waals surface area contributed by atoms with Crippen LogP contribution in [0, 0.1) is 0 Å². The Morgan fingerprint density at radius 1 is 1.00 bits per heavy atom. The molecule has 0 amide bonds. The Morgan fingerprint density at radius 2 is 1.81 bits per heavy atom. The van der Waals surface area contributed by atoms with E-state index >= 15 is 0 Å². The molecule has 0 saturated heterocycles. The fourth-order valence-corrected chi connectivity index (χ4v) is 3.17. The van der Waals surface area contributed by atoms with Crippen LogP contribution in [0.3, 0.4) is 0 Å². The molecular formula is C21H17ClN4O. The number of nitrogens with zero attached hydrogens (tertiary/aromatic N) is 3. The normalized spacial score (nSPS) is 10.9. The molecule has 6 heteroatoms. The van der Waals surface area contributed by atoms with Gasteiger partial charge in [0.25, 0.3) is 5.56 Å². The number of hydrogen-bond acceptors (Lipinski definition) is 4. The number of benzene rings is 2. The first-order valence-corrected chi connectivity index (χ1v) is 8.96. The van der Waals surface area contributed by atoms with Gasteiger partial charge in [0.15, 0.2) is 0 Å². The highest BCUT2D eigenvalue weighted by Crippen LogP contribution is 2.20. The van der Waals surface area contributed by atoms with E-state index in [9.17, 15) is 4.79 Å². The van der Waals surface area contributed by atoms with Crippen molar-refractivity contribution in [3.8, 4) is 0 Å². The second-order valence-electron chi connectivity index (χ2n) is 6.17. The molecule has 2 aromatic heterocycles. The van der Waals surface area contributed by atoms with Gasteiger partial charge in [0.05, 0.1) is 23.9 Å². The molecule has 0 aliphatic carbocycles. The minimum atomic E-state index is -0.318. The second-order valence-corrected chi connectivity index (χ2v) is 6.54. The van der Waals surface area contributed by atoms with Gasteiger partial charge in [-0.15, -0.1) is 0 Å². The molecule has 134 valence electrons. The highest BCUT2D eigenvalue weighted by molar-refractivity contribution is 6.32. The van der Waals surface area contributed by atoms with Crippen molar-refractivity contribution in [3.05, 3.63) is 99.6 Å². The Kier molecular flexibility index (Phi) is 4.85. The van der Waals surface area contributed by atoms with E-state index in [0.29, 0.717) is 18.8 Å². The number of nitrogens with one attached hydrogen (secondary N) is 1. The van der Waals surface area contributed by atoms with E-state index in [4.69, 9.17) is 11.6 Å². The molecule has 0 atom stereocenters. The van der Waals surface area contributed by atoms with Gasteiger partial charge in [-0.25, -0.2) is 4.68 Å². The lowest BCUT2D eigenvalue weighted by Crippen LogP contribution is -2.24. The van der Waals surface area contributed by atoms with Crippen LogP contribution >= 0.6 is 11.6 Å². The van der Waals surface area contributed by atoms with Crippen LogP contribution in [0.2, 0.25) is 5.02 Å². The van der Waals surface area contributed by atoms with Gasteiger partial charge >= 0.3 is 0 Å². The summed E-state index contributed by atoms with van der Waals surface area (Å²) in [5, 5.41) is 8.66. The maximum Gasteiger partial charge on any atom is 0.287 e. The zero-order valence-corrected chi connectivity index (χ0v) is 15.2. The van der Waals surface area contributed by atoms with E-state index in [2.05, 4.69) is 15.4 Å². The first kappa shape index (κ1) is 17.2. The summed E-state index contributed by atoms with van der Waals surface area (Å²) >= 11 is 6.30. The number of hydrogen-bond donors (Lipinski definition) is 1. The molecule has 0 bridgehead atoms. The summed E-state index contributed by atoms with van der Waals surface area (Å²) < 4.78 is 1.36. The molecule has 2 aromatic carbocycles. The summed E-state index contributed by atoms with van der Waals surface area (Å²) in [5.74, 6) is 0. The van der Waals surface area contributed by atoms with E-state index < -0.39 is 0 Å². The van der Waals surface area contributed by atoms with E-state index in [1.807, 2.05) is 60.7 Å². The summed E-state index contributed by atoms with van der Waals surface area (Å²) in [6.07, 6.45) is 3.36. The molecule has 0 aliphatic rings. The molecule has 2 heterocycles. The predicted molar refractivity (Wildman–Crippen MR) is 108 cm³/mol. The minimum Gasteiger partial charge on any atom is -0.378 e. The topological polar surface area (TPSA) is 59.8 Å². The molecule has 0 aliphatic heterocycles. The van der Waals surface area contributed by atoms with Crippen molar-refractivity contribution < 1.29 is 0 Å². The van der Waals surface area contributed by atoms with Crippen LogP contribution in [0.15, 0.2) is 77.9 Å². The van der Waals surface area contributed by atoms with Gasteiger partial charge in [0.1, 0.15) is 5.02 Å². The van der Waals surface area contributed by atoms with E-state index in [1.54, 1.807) is 12.4 Å². The number of halogens is 1.